The largest absolute Gasteiger partial charge is 0.320 e. The number of aldehydes is 1. The Bertz CT molecular complexity index is 1080. The average Bonchev–Trinajstić information content (AvgIpc) is 2.74. The van der Waals surface area contributed by atoms with E-state index in [1.807, 2.05) is 12.1 Å². The van der Waals surface area contributed by atoms with Crippen LogP contribution in [-0.4, -0.2) is 18.1 Å². The van der Waals surface area contributed by atoms with Crippen LogP contribution >= 0.6 is 0 Å². The molecule has 0 aliphatic rings. The van der Waals surface area contributed by atoms with E-state index >= 15 is 0 Å². The van der Waals surface area contributed by atoms with Gasteiger partial charge in [-0.1, -0.05) is 57.2 Å². The molecule has 0 atom stereocenters. The molecule has 0 saturated carbocycles. The summed E-state index contributed by atoms with van der Waals surface area (Å²) in [5, 5.41) is 5.65. The smallest absolute Gasteiger partial charge is 0.255 e. The first-order chi connectivity index (χ1) is 14.3. The fourth-order valence-electron chi connectivity index (χ4n) is 2.96. The number of amides is 2. The summed E-state index contributed by atoms with van der Waals surface area (Å²) in [5.41, 5.74) is 3.42. The molecule has 2 amide bonds. The standard InChI is InChI=1S/C25H24N2O3/c1-25(2,3)20-13-11-18(12-14-20)23(29)26-21-9-4-5-10-22(21)27-24(30)19-8-6-7-17(15-19)16-28/h4-16H,1-3H3,(H,26,29)(H,27,30). The van der Waals surface area contributed by atoms with E-state index in [4.69, 9.17) is 0 Å². The number of para-hydroxylation sites is 2. The maximum Gasteiger partial charge on any atom is 0.255 e. The highest BCUT2D eigenvalue weighted by Crippen LogP contribution is 2.25. The van der Waals surface area contributed by atoms with Gasteiger partial charge in [-0.05, 0) is 47.4 Å². The number of nitrogens with one attached hydrogen (secondary N) is 2. The molecule has 3 rings (SSSR count). The number of carbonyl (C=O) groups is 3. The lowest BCUT2D eigenvalue weighted by Gasteiger charge is -2.19. The predicted octanol–water partition coefficient (Wildman–Crippen LogP) is 5.30. The van der Waals surface area contributed by atoms with Crippen molar-refractivity contribution < 1.29 is 14.4 Å². The molecule has 0 heterocycles. The molecule has 0 unspecified atom stereocenters. The summed E-state index contributed by atoms with van der Waals surface area (Å²) >= 11 is 0. The van der Waals surface area contributed by atoms with Gasteiger partial charge in [-0.2, -0.15) is 0 Å². The van der Waals surface area contributed by atoms with Gasteiger partial charge in [-0.25, -0.2) is 0 Å². The van der Waals surface area contributed by atoms with Gasteiger partial charge in [-0.3, -0.25) is 14.4 Å². The third-order valence-corrected chi connectivity index (χ3v) is 4.72. The zero-order chi connectivity index (χ0) is 21.7. The van der Waals surface area contributed by atoms with Crippen molar-refractivity contribution in [2.24, 2.45) is 0 Å². The Morgan fingerprint density at radius 3 is 1.83 bits per heavy atom. The Morgan fingerprint density at radius 1 is 0.733 bits per heavy atom. The van der Waals surface area contributed by atoms with E-state index in [0.717, 1.165) is 5.56 Å². The van der Waals surface area contributed by atoms with Crippen molar-refractivity contribution >= 4 is 29.5 Å². The van der Waals surface area contributed by atoms with E-state index in [9.17, 15) is 14.4 Å². The molecule has 3 aromatic rings. The van der Waals surface area contributed by atoms with E-state index in [1.54, 1.807) is 54.6 Å². The molecule has 5 nitrogen and oxygen atoms in total. The highest BCUT2D eigenvalue weighted by atomic mass is 16.2. The zero-order valence-electron chi connectivity index (χ0n) is 17.2. The number of hydrogen-bond donors (Lipinski definition) is 2. The van der Waals surface area contributed by atoms with E-state index in [0.29, 0.717) is 34.4 Å². The summed E-state index contributed by atoms with van der Waals surface area (Å²) in [6.07, 6.45) is 0.690. The lowest BCUT2D eigenvalue weighted by atomic mass is 9.87. The molecule has 0 bridgehead atoms. The predicted molar refractivity (Wildman–Crippen MR) is 119 cm³/mol. The number of anilines is 2. The van der Waals surface area contributed by atoms with Gasteiger partial charge < -0.3 is 10.6 Å². The van der Waals surface area contributed by atoms with Crippen LogP contribution in [0, 0.1) is 0 Å². The highest BCUT2D eigenvalue weighted by molar-refractivity contribution is 6.10. The van der Waals surface area contributed by atoms with Crippen molar-refractivity contribution in [1.29, 1.82) is 0 Å². The van der Waals surface area contributed by atoms with Crippen LogP contribution in [0.1, 0.15) is 57.4 Å². The van der Waals surface area contributed by atoms with Crippen LogP contribution in [0.2, 0.25) is 0 Å². The van der Waals surface area contributed by atoms with Crippen molar-refractivity contribution in [3.05, 3.63) is 95.1 Å². The minimum Gasteiger partial charge on any atom is -0.320 e. The lowest BCUT2D eigenvalue weighted by molar-refractivity contribution is 0.101. The van der Waals surface area contributed by atoms with Crippen molar-refractivity contribution in [1.82, 2.24) is 0 Å². The minimum atomic E-state index is -0.366. The second-order valence-electron chi connectivity index (χ2n) is 8.02. The fraction of sp³-hybridized carbons (Fsp3) is 0.160. The van der Waals surface area contributed by atoms with Gasteiger partial charge in [0.15, 0.2) is 0 Å². The van der Waals surface area contributed by atoms with Gasteiger partial charge in [0.2, 0.25) is 0 Å². The molecule has 5 heteroatoms. The Morgan fingerprint density at radius 2 is 1.30 bits per heavy atom. The van der Waals surface area contributed by atoms with Crippen LogP contribution in [0.4, 0.5) is 11.4 Å². The molecule has 30 heavy (non-hydrogen) atoms. The molecule has 0 aromatic heterocycles. The summed E-state index contributed by atoms with van der Waals surface area (Å²) in [4.78, 5) is 36.2. The topological polar surface area (TPSA) is 75.3 Å². The van der Waals surface area contributed by atoms with Crippen LogP contribution in [0.25, 0.3) is 0 Å². The first kappa shape index (κ1) is 21.0. The SMILES string of the molecule is CC(C)(C)c1ccc(C(=O)Nc2ccccc2NC(=O)c2cccc(C=O)c2)cc1. The maximum atomic E-state index is 12.7. The second kappa shape index (κ2) is 8.74. The van der Waals surface area contributed by atoms with Gasteiger partial charge in [0.25, 0.3) is 11.8 Å². The summed E-state index contributed by atoms with van der Waals surface area (Å²) in [6.45, 7) is 6.35. The fourth-order valence-corrected chi connectivity index (χ4v) is 2.96. The zero-order valence-corrected chi connectivity index (χ0v) is 17.2. The van der Waals surface area contributed by atoms with Crippen molar-refractivity contribution in [2.45, 2.75) is 26.2 Å². The maximum absolute atomic E-state index is 12.7. The van der Waals surface area contributed by atoms with Crippen molar-refractivity contribution in [3.8, 4) is 0 Å². The average molecular weight is 400 g/mol. The third kappa shape index (κ3) is 5.00. The van der Waals surface area contributed by atoms with Gasteiger partial charge in [0, 0.05) is 16.7 Å². The Kier molecular flexibility index (Phi) is 6.11. The highest BCUT2D eigenvalue weighted by Gasteiger charge is 2.15. The van der Waals surface area contributed by atoms with Crippen LogP contribution in [0.5, 0.6) is 0 Å². The van der Waals surface area contributed by atoms with E-state index < -0.39 is 0 Å². The Balaban J connectivity index is 1.77. The molecule has 0 spiro atoms. The molecule has 152 valence electrons. The molecule has 0 radical (unpaired) electrons. The van der Waals surface area contributed by atoms with E-state index in [2.05, 4.69) is 31.4 Å². The summed E-state index contributed by atoms with van der Waals surface area (Å²) in [7, 11) is 0. The monoisotopic (exact) mass is 400 g/mol. The number of benzene rings is 3. The normalized spacial score (nSPS) is 10.9. The quantitative estimate of drug-likeness (QED) is 0.571. The van der Waals surface area contributed by atoms with Gasteiger partial charge in [-0.15, -0.1) is 0 Å². The summed E-state index contributed by atoms with van der Waals surface area (Å²) in [5.74, 6) is -0.630. The first-order valence-electron chi connectivity index (χ1n) is 9.65. The summed E-state index contributed by atoms with van der Waals surface area (Å²) in [6, 6.07) is 20.9. The molecule has 2 N–H and O–H groups in total. The number of rotatable bonds is 5. The molecule has 0 fully saturated rings. The Hall–Kier alpha value is -3.73. The van der Waals surface area contributed by atoms with Crippen LogP contribution in [-0.2, 0) is 5.41 Å². The second-order valence-corrected chi connectivity index (χ2v) is 8.02. The van der Waals surface area contributed by atoms with Crippen molar-refractivity contribution in [3.63, 3.8) is 0 Å². The van der Waals surface area contributed by atoms with Gasteiger partial charge in [0.1, 0.15) is 6.29 Å². The van der Waals surface area contributed by atoms with Gasteiger partial charge in [0.05, 0.1) is 11.4 Å². The minimum absolute atomic E-state index is 0.00698. The number of hydrogen-bond acceptors (Lipinski definition) is 3. The molecular weight excluding hydrogens is 376 g/mol. The molecule has 0 aliphatic carbocycles. The lowest BCUT2D eigenvalue weighted by Crippen LogP contribution is -2.17. The Labute approximate surface area is 176 Å². The van der Waals surface area contributed by atoms with Gasteiger partial charge >= 0.3 is 0 Å². The van der Waals surface area contributed by atoms with E-state index in [1.165, 1.54) is 6.07 Å². The van der Waals surface area contributed by atoms with E-state index in [-0.39, 0.29) is 17.2 Å². The van der Waals surface area contributed by atoms with Crippen molar-refractivity contribution in [2.75, 3.05) is 10.6 Å². The van der Waals surface area contributed by atoms with Crippen LogP contribution in [0.15, 0.2) is 72.8 Å². The third-order valence-electron chi connectivity index (χ3n) is 4.72. The molecule has 0 saturated heterocycles. The van der Waals surface area contributed by atoms with Crippen LogP contribution in [0.3, 0.4) is 0 Å². The van der Waals surface area contributed by atoms with Crippen LogP contribution < -0.4 is 10.6 Å². The molecule has 3 aromatic carbocycles. The number of carbonyl (C=O) groups excluding carboxylic acids is 3. The first-order valence-corrected chi connectivity index (χ1v) is 9.65. The molecular formula is C25H24N2O3. The summed E-state index contributed by atoms with van der Waals surface area (Å²) < 4.78 is 0. The molecule has 0 aliphatic heterocycles.